The van der Waals surface area contributed by atoms with Gasteiger partial charge in [-0.15, -0.1) is 0 Å². The van der Waals surface area contributed by atoms with Gasteiger partial charge in [0.1, 0.15) is 0 Å². The van der Waals surface area contributed by atoms with Gasteiger partial charge in [0.05, 0.1) is 23.6 Å². The van der Waals surface area contributed by atoms with Crippen LogP contribution in [0.2, 0.25) is 0 Å². The fourth-order valence-corrected chi connectivity index (χ4v) is 3.25. The van der Waals surface area contributed by atoms with Crippen molar-refractivity contribution in [3.63, 3.8) is 0 Å². The number of aliphatic hydroxyl groups excluding tert-OH is 1. The summed E-state index contributed by atoms with van der Waals surface area (Å²) in [5.74, 6) is -0.661. The number of nitrogens with zero attached hydrogens (tertiary/aromatic N) is 4. The first kappa shape index (κ1) is 19.4. The third-order valence-corrected chi connectivity index (χ3v) is 4.68. The third kappa shape index (κ3) is 3.98. The molecular weight excluding hydrogens is 361 g/mol. The second-order valence-corrected chi connectivity index (χ2v) is 6.41. The van der Waals surface area contributed by atoms with Gasteiger partial charge in [0.2, 0.25) is 0 Å². The monoisotopic (exact) mass is 382 g/mol. The molecule has 0 bridgehead atoms. The molecule has 9 heteroatoms. The molecule has 1 N–H and O–H groups in total. The second kappa shape index (κ2) is 7.69. The number of benzene rings is 1. The molecule has 0 atom stereocenters. The highest BCUT2D eigenvalue weighted by molar-refractivity contribution is 5.97. The predicted molar refractivity (Wildman–Crippen MR) is 92.7 cm³/mol. The molecule has 1 saturated heterocycles. The minimum Gasteiger partial charge on any atom is -0.395 e. The molecule has 2 heterocycles. The van der Waals surface area contributed by atoms with Crippen molar-refractivity contribution in [3.8, 4) is 5.69 Å². The molecule has 1 aromatic heterocycles. The lowest BCUT2D eigenvalue weighted by atomic mass is 10.1. The standard InChI is InChI=1S/C18H21F3N4O2/c1-13-15(17(27)24-9-7-23(8-10-24)11-12-26)16(18(19,20)21)22-25(13)14-5-3-2-4-6-14/h2-6,26H,7-12H2,1H3. The lowest BCUT2D eigenvalue weighted by Crippen LogP contribution is -2.49. The number of carbonyl (C=O) groups excluding carboxylic acids is 1. The lowest BCUT2D eigenvalue weighted by molar-refractivity contribution is -0.141. The number of carbonyl (C=O) groups is 1. The number of alkyl halides is 3. The highest BCUT2D eigenvalue weighted by atomic mass is 19.4. The van der Waals surface area contributed by atoms with Gasteiger partial charge in [-0.3, -0.25) is 9.69 Å². The Bertz CT molecular complexity index is 797. The smallest absolute Gasteiger partial charge is 0.395 e. The SMILES string of the molecule is Cc1c(C(=O)N2CCN(CCO)CC2)c(C(F)(F)F)nn1-c1ccccc1. The maximum Gasteiger partial charge on any atom is 0.435 e. The summed E-state index contributed by atoms with van der Waals surface area (Å²) in [5, 5.41) is 12.7. The minimum atomic E-state index is -4.73. The number of amides is 1. The normalized spacial score (nSPS) is 16.0. The Hall–Kier alpha value is -2.39. The molecule has 0 radical (unpaired) electrons. The van der Waals surface area contributed by atoms with E-state index in [1.165, 1.54) is 11.8 Å². The van der Waals surface area contributed by atoms with E-state index in [0.29, 0.717) is 38.4 Å². The summed E-state index contributed by atoms with van der Waals surface area (Å²) in [6.45, 7) is 3.62. The van der Waals surface area contributed by atoms with E-state index in [4.69, 9.17) is 5.11 Å². The van der Waals surface area contributed by atoms with Crippen molar-refractivity contribution in [1.29, 1.82) is 0 Å². The summed E-state index contributed by atoms with van der Waals surface area (Å²) in [7, 11) is 0. The van der Waals surface area contributed by atoms with E-state index in [1.54, 1.807) is 30.3 Å². The maximum absolute atomic E-state index is 13.6. The van der Waals surface area contributed by atoms with Gasteiger partial charge in [0, 0.05) is 32.7 Å². The van der Waals surface area contributed by atoms with Gasteiger partial charge in [0.15, 0.2) is 5.69 Å². The van der Waals surface area contributed by atoms with Gasteiger partial charge < -0.3 is 10.0 Å². The molecule has 27 heavy (non-hydrogen) atoms. The number of halogens is 3. The zero-order valence-electron chi connectivity index (χ0n) is 14.9. The highest BCUT2D eigenvalue weighted by Gasteiger charge is 2.42. The van der Waals surface area contributed by atoms with Gasteiger partial charge in [-0.25, -0.2) is 4.68 Å². The molecule has 1 amide bonds. The molecule has 0 saturated carbocycles. The molecule has 2 aromatic rings. The molecular formula is C18H21F3N4O2. The van der Waals surface area contributed by atoms with E-state index in [0.717, 1.165) is 4.68 Å². The van der Waals surface area contributed by atoms with Crippen LogP contribution in [0.3, 0.4) is 0 Å². The molecule has 1 aliphatic heterocycles. The van der Waals surface area contributed by atoms with E-state index in [2.05, 4.69) is 5.10 Å². The van der Waals surface area contributed by atoms with Crippen molar-refractivity contribution in [2.75, 3.05) is 39.3 Å². The predicted octanol–water partition coefficient (Wildman–Crippen LogP) is 1.95. The summed E-state index contributed by atoms with van der Waals surface area (Å²) >= 11 is 0. The Morgan fingerprint density at radius 3 is 2.33 bits per heavy atom. The topological polar surface area (TPSA) is 61.6 Å². The molecule has 146 valence electrons. The van der Waals surface area contributed by atoms with Crippen molar-refractivity contribution < 1.29 is 23.1 Å². The van der Waals surface area contributed by atoms with Crippen molar-refractivity contribution in [2.45, 2.75) is 13.1 Å². The lowest BCUT2D eigenvalue weighted by Gasteiger charge is -2.34. The first-order valence-electron chi connectivity index (χ1n) is 8.67. The van der Waals surface area contributed by atoms with Crippen LogP contribution >= 0.6 is 0 Å². The van der Waals surface area contributed by atoms with Crippen LogP contribution in [0.15, 0.2) is 30.3 Å². The average Bonchev–Trinajstić information content (AvgIpc) is 3.00. The zero-order valence-corrected chi connectivity index (χ0v) is 14.9. The fourth-order valence-electron chi connectivity index (χ4n) is 3.25. The van der Waals surface area contributed by atoms with Crippen molar-refractivity contribution in [3.05, 3.63) is 47.3 Å². The number of rotatable bonds is 4. The Morgan fingerprint density at radius 2 is 1.78 bits per heavy atom. The van der Waals surface area contributed by atoms with E-state index >= 15 is 0 Å². The molecule has 0 spiro atoms. The summed E-state index contributed by atoms with van der Waals surface area (Å²) < 4.78 is 41.9. The van der Waals surface area contributed by atoms with Crippen LogP contribution in [0, 0.1) is 6.92 Å². The van der Waals surface area contributed by atoms with Crippen LogP contribution in [-0.4, -0.2) is 69.9 Å². The van der Waals surface area contributed by atoms with Gasteiger partial charge >= 0.3 is 6.18 Å². The Kier molecular flexibility index (Phi) is 5.52. The molecule has 1 fully saturated rings. The number of piperazine rings is 1. The number of β-amino-alcohol motifs (C(OH)–C–C–N with tert-alkyl or cyclic N) is 1. The van der Waals surface area contributed by atoms with Crippen LogP contribution < -0.4 is 0 Å². The van der Waals surface area contributed by atoms with Gasteiger partial charge in [-0.05, 0) is 19.1 Å². The Balaban J connectivity index is 1.94. The first-order chi connectivity index (χ1) is 12.8. The summed E-state index contributed by atoms with van der Waals surface area (Å²) in [4.78, 5) is 16.3. The van der Waals surface area contributed by atoms with Crippen LogP contribution in [0.25, 0.3) is 5.69 Å². The quantitative estimate of drug-likeness (QED) is 0.878. The second-order valence-electron chi connectivity index (χ2n) is 6.41. The van der Waals surface area contributed by atoms with Gasteiger partial charge in [0.25, 0.3) is 5.91 Å². The number of aliphatic hydroxyl groups is 1. The van der Waals surface area contributed by atoms with Gasteiger partial charge in [-0.1, -0.05) is 18.2 Å². The van der Waals surface area contributed by atoms with Gasteiger partial charge in [-0.2, -0.15) is 18.3 Å². The molecule has 1 aliphatic rings. The zero-order chi connectivity index (χ0) is 19.6. The summed E-state index contributed by atoms with van der Waals surface area (Å²) in [6, 6.07) is 8.44. The van der Waals surface area contributed by atoms with Crippen molar-refractivity contribution in [1.82, 2.24) is 19.6 Å². The van der Waals surface area contributed by atoms with Crippen LogP contribution in [0.4, 0.5) is 13.2 Å². The number of hydrogen-bond donors (Lipinski definition) is 1. The Morgan fingerprint density at radius 1 is 1.15 bits per heavy atom. The summed E-state index contributed by atoms with van der Waals surface area (Å²) in [6.07, 6.45) is -4.73. The van der Waals surface area contributed by atoms with Crippen LogP contribution in [0.1, 0.15) is 21.7 Å². The summed E-state index contributed by atoms with van der Waals surface area (Å²) in [5.41, 5.74) is -0.933. The van der Waals surface area contributed by atoms with Crippen LogP contribution in [0.5, 0.6) is 0 Å². The fraction of sp³-hybridized carbons (Fsp3) is 0.444. The van der Waals surface area contributed by atoms with E-state index in [-0.39, 0.29) is 12.3 Å². The number of aromatic nitrogens is 2. The molecule has 0 unspecified atom stereocenters. The third-order valence-electron chi connectivity index (χ3n) is 4.68. The maximum atomic E-state index is 13.6. The Labute approximate surface area is 154 Å². The molecule has 0 aliphatic carbocycles. The first-order valence-corrected chi connectivity index (χ1v) is 8.67. The van der Waals surface area contributed by atoms with E-state index in [9.17, 15) is 18.0 Å². The number of para-hydroxylation sites is 1. The molecule has 6 nitrogen and oxygen atoms in total. The van der Waals surface area contributed by atoms with Crippen molar-refractivity contribution in [2.24, 2.45) is 0 Å². The average molecular weight is 382 g/mol. The largest absolute Gasteiger partial charge is 0.435 e. The van der Waals surface area contributed by atoms with E-state index in [1.807, 2.05) is 4.90 Å². The highest BCUT2D eigenvalue weighted by Crippen LogP contribution is 2.34. The van der Waals surface area contributed by atoms with Crippen molar-refractivity contribution >= 4 is 5.91 Å². The number of hydrogen-bond acceptors (Lipinski definition) is 4. The van der Waals surface area contributed by atoms with Crippen LogP contribution in [-0.2, 0) is 6.18 Å². The molecule has 3 rings (SSSR count). The molecule has 1 aromatic carbocycles. The minimum absolute atomic E-state index is 0.00905. The van der Waals surface area contributed by atoms with E-state index < -0.39 is 23.3 Å².